The number of aryl methyl sites for hydroxylation is 1. The number of rotatable bonds is 2. The molecule has 19 heavy (non-hydrogen) atoms. The van der Waals surface area contributed by atoms with Crippen LogP contribution >= 0.6 is 27.3 Å². The molecule has 0 spiro atoms. The molecule has 4 saturated carbocycles. The van der Waals surface area contributed by atoms with E-state index in [1.807, 2.05) is 0 Å². The van der Waals surface area contributed by atoms with Crippen LogP contribution in [0.4, 0.5) is 0 Å². The summed E-state index contributed by atoms with van der Waals surface area (Å²) in [7, 11) is 0. The van der Waals surface area contributed by atoms with Crippen LogP contribution in [0, 0.1) is 36.5 Å². The second kappa shape index (κ2) is 4.57. The molecule has 0 amide bonds. The SMILES string of the molecule is Cc1sc(C(O)C2C3CC4CC(C3)CC2C4)cc1Br. The molecule has 1 heterocycles. The molecule has 0 radical (unpaired) electrons. The van der Waals surface area contributed by atoms with E-state index in [0.29, 0.717) is 5.92 Å². The normalized spacial score (nSPS) is 41.7. The highest BCUT2D eigenvalue weighted by Crippen LogP contribution is 2.59. The van der Waals surface area contributed by atoms with Crippen LogP contribution in [0.15, 0.2) is 10.5 Å². The molecule has 3 heteroatoms. The van der Waals surface area contributed by atoms with Gasteiger partial charge in [0.05, 0.1) is 6.10 Å². The third kappa shape index (κ3) is 2.04. The fraction of sp³-hybridized carbons (Fsp3) is 0.750. The van der Waals surface area contributed by atoms with E-state index in [0.717, 1.165) is 28.1 Å². The summed E-state index contributed by atoms with van der Waals surface area (Å²) in [5.74, 6) is 4.11. The number of aliphatic hydroxyl groups is 1. The molecule has 0 aromatic carbocycles. The number of halogens is 1. The number of thiophene rings is 1. The number of hydrogen-bond donors (Lipinski definition) is 1. The zero-order chi connectivity index (χ0) is 13.1. The van der Waals surface area contributed by atoms with Crippen LogP contribution in [0.2, 0.25) is 0 Å². The van der Waals surface area contributed by atoms with Gasteiger partial charge in [0.2, 0.25) is 0 Å². The van der Waals surface area contributed by atoms with Gasteiger partial charge in [-0.15, -0.1) is 11.3 Å². The number of hydrogen-bond acceptors (Lipinski definition) is 2. The molecule has 5 rings (SSSR count). The van der Waals surface area contributed by atoms with E-state index in [2.05, 4.69) is 28.9 Å². The predicted octanol–water partition coefficient (Wildman–Crippen LogP) is 4.92. The third-order valence-corrected chi connectivity index (χ3v) is 8.04. The number of aliphatic hydroxyl groups excluding tert-OH is 1. The maximum atomic E-state index is 10.9. The average molecular weight is 341 g/mol. The van der Waals surface area contributed by atoms with Crippen molar-refractivity contribution in [2.45, 2.75) is 45.1 Å². The molecule has 1 N–H and O–H groups in total. The van der Waals surface area contributed by atoms with Crippen LogP contribution in [-0.4, -0.2) is 5.11 Å². The van der Waals surface area contributed by atoms with Gasteiger partial charge in [0.1, 0.15) is 0 Å². The Kier molecular flexibility index (Phi) is 3.09. The van der Waals surface area contributed by atoms with Gasteiger partial charge in [-0.3, -0.25) is 0 Å². The molecule has 4 fully saturated rings. The van der Waals surface area contributed by atoms with Crippen molar-refractivity contribution in [1.29, 1.82) is 0 Å². The van der Waals surface area contributed by atoms with Gasteiger partial charge in [-0.05, 0) is 90.6 Å². The van der Waals surface area contributed by atoms with Crippen molar-refractivity contribution in [3.05, 3.63) is 20.3 Å². The van der Waals surface area contributed by atoms with Crippen molar-refractivity contribution in [3.63, 3.8) is 0 Å². The highest BCUT2D eigenvalue weighted by Gasteiger charge is 2.50. The first-order chi connectivity index (χ1) is 9.11. The molecule has 0 aliphatic heterocycles. The minimum atomic E-state index is -0.218. The fourth-order valence-corrected chi connectivity index (χ4v) is 6.91. The summed E-state index contributed by atoms with van der Waals surface area (Å²) in [6.07, 6.45) is 6.82. The van der Waals surface area contributed by atoms with E-state index >= 15 is 0 Å². The van der Waals surface area contributed by atoms with Crippen molar-refractivity contribution in [2.24, 2.45) is 29.6 Å². The zero-order valence-corrected chi connectivity index (χ0v) is 13.7. The largest absolute Gasteiger partial charge is 0.387 e. The van der Waals surface area contributed by atoms with E-state index in [9.17, 15) is 5.11 Å². The average Bonchev–Trinajstić information content (AvgIpc) is 2.68. The summed E-state index contributed by atoms with van der Waals surface area (Å²) >= 11 is 5.36. The molecule has 104 valence electrons. The van der Waals surface area contributed by atoms with Gasteiger partial charge in [-0.1, -0.05) is 0 Å². The molecule has 1 aromatic heterocycles. The second-order valence-electron chi connectivity index (χ2n) is 7.01. The Hall–Kier alpha value is 0.140. The molecule has 1 nitrogen and oxygen atoms in total. The Morgan fingerprint density at radius 1 is 1.16 bits per heavy atom. The fourth-order valence-electron chi connectivity index (χ4n) is 5.30. The maximum absolute atomic E-state index is 10.9. The predicted molar refractivity (Wildman–Crippen MR) is 82.3 cm³/mol. The maximum Gasteiger partial charge on any atom is 0.0915 e. The molecular formula is C16H21BrOS. The van der Waals surface area contributed by atoms with Gasteiger partial charge < -0.3 is 5.11 Å². The lowest BCUT2D eigenvalue weighted by Crippen LogP contribution is -2.47. The van der Waals surface area contributed by atoms with Gasteiger partial charge in [0.15, 0.2) is 0 Å². The third-order valence-electron chi connectivity index (χ3n) is 5.83. The minimum Gasteiger partial charge on any atom is -0.387 e. The summed E-state index contributed by atoms with van der Waals surface area (Å²) in [5, 5.41) is 10.9. The lowest BCUT2D eigenvalue weighted by atomic mass is 9.51. The first-order valence-corrected chi connectivity index (χ1v) is 9.16. The lowest BCUT2D eigenvalue weighted by Gasteiger charge is -2.55. The monoisotopic (exact) mass is 340 g/mol. The first kappa shape index (κ1) is 12.8. The summed E-state index contributed by atoms with van der Waals surface area (Å²) in [6.45, 7) is 2.13. The summed E-state index contributed by atoms with van der Waals surface area (Å²) in [5.41, 5.74) is 0. The van der Waals surface area contributed by atoms with Crippen LogP contribution in [0.5, 0.6) is 0 Å². The quantitative estimate of drug-likeness (QED) is 0.809. The van der Waals surface area contributed by atoms with Crippen molar-refractivity contribution < 1.29 is 5.11 Å². The van der Waals surface area contributed by atoms with Crippen LogP contribution in [0.25, 0.3) is 0 Å². The molecule has 4 aliphatic carbocycles. The van der Waals surface area contributed by atoms with Crippen LogP contribution < -0.4 is 0 Å². The molecule has 1 atom stereocenters. The smallest absolute Gasteiger partial charge is 0.0915 e. The molecule has 1 unspecified atom stereocenters. The lowest BCUT2D eigenvalue weighted by molar-refractivity contribution is -0.0898. The van der Waals surface area contributed by atoms with Gasteiger partial charge in [0.25, 0.3) is 0 Å². The van der Waals surface area contributed by atoms with Crippen molar-refractivity contribution in [1.82, 2.24) is 0 Å². The molecule has 1 aromatic rings. The van der Waals surface area contributed by atoms with Gasteiger partial charge in [-0.2, -0.15) is 0 Å². The van der Waals surface area contributed by atoms with Crippen molar-refractivity contribution in [3.8, 4) is 0 Å². The molecule has 4 bridgehead atoms. The summed E-state index contributed by atoms with van der Waals surface area (Å²) in [6, 6.07) is 2.15. The highest BCUT2D eigenvalue weighted by molar-refractivity contribution is 9.10. The molecule has 4 aliphatic rings. The van der Waals surface area contributed by atoms with E-state index in [1.165, 1.54) is 41.9 Å². The Balaban J connectivity index is 1.61. The summed E-state index contributed by atoms with van der Waals surface area (Å²) in [4.78, 5) is 2.47. The van der Waals surface area contributed by atoms with E-state index < -0.39 is 0 Å². The summed E-state index contributed by atoms with van der Waals surface area (Å²) < 4.78 is 1.16. The first-order valence-electron chi connectivity index (χ1n) is 7.55. The highest BCUT2D eigenvalue weighted by atomic mass is 79.9. The van der Waals surface area contributed by atoms with E-state index in [4.69, 9.17) is 0 Å². The Morgan fingerprint density at radius 3 is 2.21 bits per heavy atom. The molecular weight excluding hydrogens is 320 g/mol. The van der Waals surface area contributed by atoms with Gasteiger partial charge >= 0.3 is 0 Å². The minimum absolute atomic E-state index is 0.218. The Bertz CT molecular complexity index is 447. The second-order valence-corrected chi connectivity index (χ2v) is 9.15. The Labute approximate surface area is 127 Å². The van der Waals surface area contributed by atoms with Crippen molar-refractivity contribution >= 4 is 27.3 Å². The van der Waals surface area contributed by atoms with E-state index in [1.54, 1.807) is 11.3 Å². The van der Waals surface area contributed by atoms with Gasteiger partial charge in [-0.25, -0.2) is 0 Å². The zero-order valence-electron chi connectivity index (χ0n) is 11.3. The van der Waals surface area contributed by atoms with Crippen LogP contribution in [0.1, 0.15) is 48.0 Å². The van der Waals surface area contributed by atoms with Gasteiger partial charge in [0, 0.05) is 14.2 Å². The topological polar surface area (TPSA) is 20.2 Å². The van der Waals surface area contributed by atoms with Crippen LogP contribution in [-0.2, 0) is 0 Å². The Morgan fingerprint density at radius 2 is 1.74 bits per heavy atom. The standard InChI is InChI=1S/C16H21BrOS/c1-8-13(17)7-14(19-8)16(18)15-11-3-9-2-10(5-11)6-12(15)4-9/h7,9-12,15-16,18H,2-6H2,1H3. The van der Waals surface area contributed by atoms with Crippen LogP contribution in [0.3, 0.4) is 0 Å². The van der Waals surface area contributed by atoms with E-state index in [-0.39, 0.29) is 6.10 Å². The molecule has 0 saturated heterocycles. The van der Waals surface area contributed by atoms with Crippen molar-refractivity contribution in [2.75, 3.05) is 0 Å².